The zero-order chi connectivity index (χ0) is 20.5. The average Bonchev–Trinajstić information content (AvgIpc) is 3.02. The van der Waals surface area contributed by atoms with Crippen molar-refractivity contribution in [2.24, 2.45) is 4.99 Å². The van der Waals surface area contributed by atoms with Crippen molar-refractivity contribution in [2.45, 2.75) is 27.3 Å². The molecule has 0 saturated carbocycles. The molecule has 0 N–H and O–H groups in total. The van der Waals surface area contributed by atoms with Crippen LogP contribution in [0, 0.1) is 20.8 Å². The second-order valence-electron chi connectivity index (χ2n) is 7.23. The number of amides is 1. The van der Waals surface area contributed by atoms with Gasteiger partial charge in [-0.05, 0) is 62.2 Å². The van der Waals surface area contributed by atoms with Gasteiger partial charge in [0.2, 0.25) is 0 Å². The largest absolute Gasteiger partial charge is 0.383 e. The number of hydrogen-bond acceptors (Lipinski definition) is 4. The van der Waals surface area contributed by atoms with Crippen molar-refractivity contribution in [3.05, 3.63) is 69.7 Å². The predicted molar refractivity (Wildman–Crippen MR) is 118 cm³/mol. The molecule has 2 aromatic carbocycles. The van der Waals surface area contributed by atoms with Crippen LogP contribution in [-0.2, 0) is 11.3 Å². The number of benzene rings is 2. The van der Waals surface area contributed by atoms with Gasteiger partial charge in [-0.1, -0.05) is 23.5 Å². The Balaban J connectivity index is 1.83. The summed E-state index contributed by atoms with van der Waals surface area (Å²) in [5, 5.41) is 0.937. The monoisotopic (exact) mass is 405 g/mol. The van der Waals surface area contributed by atoms with Crippen LogP contribution in [0.3, 0.4) is 0 Å². The zero-order valence-corrected chi connectivity index (χ0v) is 17.8. The van der Waals surface area contributed by atoms with Crippen LogP contribution in [0.25, 0.3) is 21.1 Å². The third-order valence-electron chi connectivity index (χ3n) is 4.90. The molecule has 0 unspecified atom stereocenters. The quantitative estimate of drug-likeness (QED) is 0.500. The number of methoxy groups -OCH3 is 1. The summed E-state index contributed by atoms with van der Waals surface area (Å²) in [6.07, 6.45) is 0. The third kappa shape index (κ3) is 3.86. The lowest BCUT2D eigenvalue weighted by molar-refractivity contribution is 0.0997. The lowest BCUT2D eigenvalue weighted by Crippen LogP contribution is -2.19. The number of pyridine rings is 1. The second-order valence-corrected chi connectivity index (χ2v) is 8.24. The molecule has 0 aliphatic carbocycles. The molecule has 6 heteroatoms. The molecule has 0 radical (unpaired) electrons. The molecule has 0 aliphatic rings. The Labute approximate surface area is 173 Å². The Kier molecular flexibility index (Phi) is 5.30. The number of aryl methyl sites for hydroxylation is 3. The first-order chi connectivity index (χ1) is 14.0. The van der Waals surface area contributed by atoms with E-state index < -0.39 is 0 Å². The summed E-state index contributed by atoms with van der Waals surface area (Å²) in [4.78, 5) is 22.6. The standard InChI is InChI=1S/C23H23N3O2S/c1-14-11-15(2)21-20(12-14)29-23(26(21)9-10-28-4)25-22(27)18-7-8-19-17(13-18)6-5-16(3)24-19/h5-8,11-13H,9-10H2,1-4H3. The summed E-state index contributed by atoms with van der Waals surface area (Å²) in [5.74, 6) is -0.250. The highest BCUT2D eigenvalue weighted by atomic mass is 32.1. The highest BCUT2D eigenvalue weighted by molar-refractivity contribution is 7.16. The molecule has 0 aliphatic heterocycles. The van der Waals surface area contributed by atoms with Gasteiger partial charge in [-0.15, -0.1) is 0 Å². The molecule has 5 nitrogen and oxygen atoms in total. The van der Waals surface area contributed by atoms with E-state index in [0.29, 0.717) is 23.5 Å². The lowest BCUT2D eigenvalue weighted by Gasteiger charge is -2.07. The number of thiazole rings is 1. The fourth-order valence-electron chi connectivity index (χ4n) is 3.58. The van der Waals surface area contributed by atoms with E-state index >= 15 is 0 Å². The number of aromatic nitrogens is 2. The number of fused-ring (bicyclic) bond motifs is 2. The SMILES string of the molecule is COCCn1c(=NC(=O)c2ccc3nc(C)ccc3c2)sc2cc(C)cc(C)c21. The Morgan fingerprint density at radius 1 is 1.14 bits per heavy atom. The van der Waals surface area contributed by atoms with Gasteiger partial charge in [0.25, 0.3) is 5.91 Å². The van der Waals surface area contributed by atoms with Crippen molar-refractivity contribution < 1.29 is 9.53 Å². The summed E-state index contributed by atoms with van der Waals surface area (Å²) >= 11 is 1.54. The van der Waals surface area contributed by atoms with E-state index in [4.69, 9.17) is 4.74 Å². The minimum absolute atomic E-state index is 0.250. The van der Waals surface area contributed by atoms with Crippen molar-refractivity contribution in [1.29, 1.82) is 0 Å². The lowest BCUT2D eigenvalue weighted by atomic mass is 10.1. The molecule has 0 atom stereocenters. The molecule has 2 heterocycles. The number of rotatable bonds is 4. The van der Waals surface area contributed by atoms with E-state index in [0.717, 1.165) is 26.8 Å². The van der Waals surface area contributed by atoms with Gasteiger partial charge in [-0.25, -0.2) is 0 Å². The molecule has 4 aromatic rings. The first-order valence-corrected chi connectivity index (χ1v) is 10.3. The van der Waals surface area contributed by atoms with Crippen LogP contribution in [0.4, 0.5) is 0 Å². The molecule has 4 rings (SSSR count). The molecule has 0 fully saturated rings. The summed E-state index contributed by atoms with van der Waals surface area (Å²) in [5.41, 5.74) is 5.88. The summed E-state index contributed by atoms with van der Waals surface area (Å²) in [6, 6.07) is 13.8. The van der Waals surface area contributed by atoms with Gasteiger partial charge in [0.1, 0.15) is 0 Å². The Morgan fingerprint density at radius 3 is 2.76 bits per heavy atom. The van der Waals surface area contributed by atoms with Crippen LogP contribution in [0.1, 0.15) is 27.2 Å². The Bertz CT molecular complexity index is 1300. The fourth-order valence-corrected chi connectivity index (χ4v) is 4.81. The van der Waals surface area contributed by atoms with Crippen LogP contribution in [0.15, 0.2) is 47.5 Å². The smallest absolute Gasteiger partial charge is 0.279 e. The minimum Gasteiger partial charge on any atom is -0.383 e. The number of nitrogens with zero attached hydrogens (tertiary/aromatic N) is 3. The summed E-state index contributed by atoms with van der Waals surface area (Å²) in [7, 11) is 1.68. The van der Waals surface area contributed by atoms with Crippen LogP contribution in [0.2, 0.25) is 0 Å². The molecule has 1 amide bonds. The molecular weight excluding hydrogens is 382 g/mol. The van der Waals surface area contributed by atoms with Gasteiger partial charge < -0.3 is 9.30 Å². The van der Waals surface area contributed by atoms with Crippen LogP contribution < -0.4 is 4.80 Å². The van der Waals surface area contributed by atoms with E-state index in [1.54, 1.807) is 13.2 Å². The maximum Gasteiger partial charge on any atom is 0.279 e. The van der Waals surface area contributed by atoms with Gasteiger partial charge in [0.15, 0.2) is 4.80 Å². The minimum atomic E-state index is -0.250. The van der Waals surface area contributed by atoms with Crippen molar-refractivity contribution in [1.82, 2.24) is 9.55 Å². The van der Waals surface area contributed by atoms with E-state index in [9.17, 15) is 4.79 Å². The van der Waals surface area contributed by atoms with Crippen molar-refractivity contribution >= 4 is 38.4 Å². The summed E-state index contributed by atoms with van der Waals surface area (Å²) < 4.78 is 8.49. The Morgan fingerprint density at radius 2 is 1.97 bits per heavy atom. The zero-order valence-electron chi connectivity index (χ0n) is 17.0. The maximum absolute atomic E-state index is 13.0. The van der Waals surface area contributed by atoms with Gasteiger partial charge in [0.05, 0.1) is 22.3 Å². The topological polar surface area (TPSA) is 56.5 Å². The molecule has 148 valence electrons. The molecule has 2 aromatic heterocycles. The third-order valence-corrected chi connectivity index (χ3v) is 5.93. The molecule has 0 saturated heterocycles. The van der Waals surface area contributed by atoms with Gasteiger partial charge in [0, 0.05) is 30.3 Å². The van der Waals surface area contributed by atoms with Crippen LogP contribution in [-0.4, -0.2) is 29.2 Å². The molecule has 29 heavy (non-hydrogen) atoms. The van der Waals surface area contributed by atoms with E-state index in [2.05, 4.69) is 40.5 Å². The van der Waals surface area contributed by atoms with Crippen molar-refractivity contribution in [3.8, 4) is 0 Å². The first kappa shape index (κ1) is 19.5. The van der Waals surface area contributed by atoms with Crippen molar-refractivity contribution in [2.75, 3.05) is 13.7 Å². The number of hydrogen-bond donors (Lipinski definition) is 0. The number of carbonyl (C=O) groups is 1. The average molecular weight is 406 g/mol. The fraction of sp³-hybridized carbons (Fsp3) is 0.261. The second kappa shape index (κ2) is 7.89. The van der Waals surface area contributed by atoms with Crippen molar-refractivity contribution in [3.63, 3.8) is 0 Å². The first-order valence-electron chi connectivity index (χ1n) is 9.52. The molecular formula is C23H23N3O2S. The number of ether oxygens (including phenoxy) is 1. The highest BCUT2D eigenvalue weighted by Gasteiger charge is 2.12. The predicted octanol–water partition coefficient (Wildman–Crippen LogP) is 4.56. The van der Waals surface area contributed by atoms with E-state index in [1.807, 2.05) is 31.2 Å². The van der Waals surface area contributed by atoms with Gasteiger partial charge in [-0.3, -0.25) is 9.78 Å². The Hall–Kier alpha value is -2.83. The van der Waals surface area contributed by atoms with E-state index in [1.165, 1.54) is 22.5 Å². The maximum atomic E-state index is 13.0. The molecule has 0 bridgehead atoms. The van der Waals surface area contributed by atoms with Gasteiger partial charge in [-0.2, -0.15) is 4.99 Å². The van der Waals surface area contributed by atoms with Gasteiger partial charge >= 0.3 is 0 Å². The van der Waals surface area contributed by atoms with Crippen LogP contribution >= 0.6 is 11.3 Å². The molecule has 0 spiro atoms. The van der Waals surface area contributed by atoms with E-state index in [-0.39, 0.29) is 5.91 Å². The normalized spacial score (nSPS) is 12.2. The summed E-state index contributed by atoms with van der Waals surface area (Å²) in [6.45, 7) is 7.33. The highest BCUT2D eigenvalue weighted by Crippen LogP contribution is 2.23. The van der Waals surface area contributed by atoms with Crippen LogP contribution in [0.5, 0.6) is 0 Å². The number of carbonyl (C=O) groups excluding carboxylic acids is 1.